The molecule has 0 saturated carbocycles. The summed E-state index contributed by atoms with van der Waals surface area (Å²) in [5.41, 5.74) is 5.40. The van der Waals surface area contributed by atoms with Crippen LogP contribution in [0.5, 0.6) is 0 Å². The molecular formula is C77H126NO8P. The monoisotopic (exact) mass is 1220 g/mol. The number of hydrogen-bond acceptors (Lipinski definition) is 8. The van der Waals surface area contributed by atoms with E-state index in [4.69, 9.17) is 24.3 Å². The first kappa shape index (κ1) is 82.4. The Kier molecular flexibility index (Phi) is 66.7. The lowest BCUT2D eigenvalue weighted by Gasteiger charge is -2.19. The highest BCUT2D eigenvalue weighted by molar-refractivity contribution is 7.47. The maximum Gasteiger partial charge on any atom is 0.472 e. The van der Waals surface area contributed by atoms with Crippen molar-refractivity contribution in [3.63, 3.8) is 0 Å². The van der Waals surface area contributed by atoms with Crippen LogP contribution in [0.25, 0.3) is 0 Å². The van der Waals surface area contributed by atoms with Gasteiger partial charge >= 0.3 is 19.8 Å². The van der Waals surface area contributed by atoms with E-state index in [1.165, 1.54) is 103 Å². The highest BCUT2D eigenvalue weighted by atomic mass is 31.2. The maximum atomic E-state index is 12.8. The zero-order valence-electron chi connectivity index (χ0n) is 55.2. The minimum atomic E-state index is -4.41. The van der Waals surface area contributed by atoms with Crippen molar-refractivity contribution in [1.29, 1.82) is 0 Å². The molecule has 9 nitrogen and oxygen atoms in total. The summed E-state index contributed by atoms with van der Waals surface area (Å²) in [6.07, 6.45) is 104. The van der Waals surface area contributed by atoms with Gasteiger partial charge in [-0.25, -0.2) is 4.57 Å². The van der Waals surface area contributed by atoms with Crippen LogP contribution in [0.15, 0.2) is 170 Å². The number of ether oxygens (including phenoxy) is 2. The molecular weight excluding hydrogens is 1100 g/mol. The number of rotatable bonds is 63. The van der Waals surface area contributed by atoms with Gasteiger partial charge in [0.05, 0.1) is 13.2 Å². The van der Waals surface area contributed by atoms with Gasteiger partial charge < -0.3 is 20.1 Å². The Hall–Kier alpha value is -4.63. The number of allylic oxidation sites excluding steroid dienone is 28. The van der Waals surface area contributed by atoms with Crippen LogP contribution in [0.1, 0.15) is 271 Å². The highest BCUT2D eigenvalue weighted by Gasteiger charge is 2.26. The fraction of sp³-hybridized carbons (Fsp3) is 0.610. The van der Waals surface area contributed by atoms with Gasteiger partial charge in [-0.05, 0) is 128 Å². The summed E-state index contributed by atoms with van der Waals surface area (Å²) in [5, 5.41) is 0. The predicted octanol–water partition coefficient (Wildman–Crippen LogP) is 23.0. The number of hydrogen-bond donors (Lipinski definition) is 2. The molecule has 0 aliphatic carbocycles. The average molecular weight is 1220 g/mol. The van der Waals surface area contributed by atoms with E-state index >= 15 is 0 Å². The summed E-state index contributed by atoms with van der Waals surface area (Å²) in [7, 11) is -4.41. The molecule has 3 N–H and O–H groups in total. The molecule has 0 fully saturated rings. The van der Waals surface area contributed by atoms with Crippen molar-refractivity contribution in [3.05, 3.63) is 170 Å². The molecule has 0 bridgehead atoms. The molecule has 0 aliphatic rings. The molecule has 0 saturated heterocycles. The largest absolute Gasteiger partial charge is 0.472 e. The van der Waals surface area contributed by atoms with Gasteiger partial charge in [0.1, 0.15) is 6.61 Å². The van der Waals surface area contributed by atoms with Gasteiger partial charge in [-0.2, -0.15) is 0 Å². The summed E-state index contributed by atoms with van der Waals surface area (Å²) < 4.78 is 33.2. The minimum absolute atomic E-state index is 0.0444. The van der Waals surface area contributed by atoms with Crippen molar-refractivity contribution in [2.45, 2.75) is 277 Å². The molecule has 2 atom stereocenters. The van der Waals surface area contributed by atoms with Gasteiger partial charge in [-0.1, -0.05) is 300 Å². The van der Waals surface area contributed by atoms with Crippen LogP contribution in [0.2, 0.25) is 0 Å². The van der Waals surface area contributed by atoms with Crippen molar-refractivity contribution in [1.82, 2.24) is 0 Å². The van der Waals surface area contributed by atoms with Gasteiger partial charge in [-0.15, -0.1) is 0 Å². The minimum Gasteiger partial charge on any atom is -0.462 e. The topological polar surface area (TPSA) is 134 Å². The van der Waals surface area contributed by atoms with Gasteiger partial charge in [0.2, 0.25) is 0 Å². The van der Waals surface area contributed by atoms with Crippen LogP contribution < -0.4 is 5.73 Å². The molecule has 0 aromatic heterocycles. The molecule has 87 heavy (non-hydrogen) atoms. The van der Waals surface area contributed by atoms with Crippen LogP contribution in [0.3, 0.4) is 0 Å². The number of carbonyl (C=O) groups is 2. The fourth-order valence-electron chi connectivity index (χ4n) is 9.07. The predicted molar refractivity (Wildman–Crippen MR) is 376 cm³/mol. The molecule has 0 spiro atoms. The maximum absolute atomic E-state index is 12.8. The van der Waals surface area contributed by atoms with E-state index < -0.39 is 26.5 Å². The van der Waals surface area contributed by atoms with Crippen molar-refractivity contribution in [2.24, 2.45) is 5.73 Å². The molecule has 0 aromatic rings. The molecule has 0 radical (unpaired) electrons. The van der Waals surface area contributed by atoms with Crippen molar-refractivity contribution < 1.29 is 37.6 Å². The summed E-state index contributed by atoms with van der Waals surface area (Å²) in [4.78, 5) is 35.4. The molecule has 10 heteroatoms. The van der Waals surface area contributed by atoms with Crippen LogP contribution in [-0.4, -0.2) is 49.3 Å². The van der Waals surface area contributed by atoms with E-state index in [1.807, 2.05) is 0 Å². The number of phosphoric acid groups is 1. The van der Waals surface area contributed by atoms with Crippen molar-refractivity contribution in [3.8, 4) is 0 Å². The number of unbranched alkanes of at least 4 members (excludes halogenated alkanes) is 22. The molecule has 2 unspecified atom stereocenters. The van der Waals surface area contributed by atoms with Crippen molar-refractivity contribution >= 4 is 19.8 Å². The third-order valence-corrected chi connectivity index (χ3v) is 15.1. The normalized spacial score (nSPS) is 14.0. The zero-order valence-corrected chi connectivity index (χ0v) is 56.1. The second kappa shape index (κ2) is 70.5. The summed E-state index contributed by atoms with van der Waals surface area (Å²) in [6.45, 7) is 3.51. The number of nitrogens with two attached hydrogens (primary N) is 1. The molecule has 0 heterocycles. The second-order valence-corrected chi connectivity index (χ2v) is 23.7. The Morgan fingerprint density at radius 3 is 0.885 bits per heavy atom. The van der Waals surface area contributed by atoms with Crippen LogP contribution in [-0.2, 0) is 32.7 Å². The highest BCUT2D eigenvalue weighted by Crippen LogP contribution is 2.43. The lowest BCUT2D eigenvalue weighted by molar-refractivity contribution is -0.161. The summed E-state index contributed by atoms with van der Waals surface area (Å²) in [5.74, 6) is -0.842. The standard InChI is InChI=1S/C77H126NO8P/c1-3-5-7-9-11-13-15-17-19-21-23-25-27-29-31-33-34-35-36-37-38-39-40-42-44-46-48-50-52-54-56-58-60-62-64-66-68-70-77(80)86-75(74-85-87(81,82)84-72-71-78)73-83-76(79)69-67-65-63-61-59-57-55-53-51-49-47-45-43-41-32-30-28-26-24-22-20-18-16-14-12-10-8-6-4-2/h5-8,11-14,17-20,23-26,29-32,34-35,37-38,40,42,46,48,75H,3-4,9-10,15-16,21-22,27-28,33,36,39,41,43-45,47,49-74,78H2,1-2H3,(H,81,82)/b7-5-,8-6-,13-11-,14-12-,19-17-,20-18-,25-23-,26-24-,31-29-,32-30-,35-34-,38-37-,42-40-,48-46-. The first-order valence-electron chi connectivity index (χ1n) is 34.6. The lowest BCUT2D eigenvalue weighted by atomic mass is 10.0. The second-order valence-electron chi connectivity index (χ2n) is 22.3. The van der Waals surface area contributed by atoms with Gasteiger partial charge in [0.15, 0.2) is 6.10 Å². The average Bonchev–Trinajstić information content (AvgIpc) is 3.65. The van der Waals surface area contributed by atoms with Crippen molar-refractivity contribution in [2.75, 3.05) is 26.4 Å². The SMILES string of the molecule is CC/C=C\C/C=C\C/C=C\C/C=C\C/C=C\C/C=C\C/C=C\C/C=C\C/C=C\CCCCCCCCCCCC(=O)OC(COC(=O)CCCCCCCCCCCCCCC/C=C\C/C=C\C/C=C\C/C=C\C/C=C\CC)COP(=O)(O)OCCN. The Morgan fingerprint density at radius 1 is 0.345 bits per heavy atom. The van der Waals surface area contributed by atoms with Crippen LogP contribution >= 0.6 is 7.82 Å². The first-order valence-corrected chi connectivity index (χ1v) is 36.1. The Morgan fingerprint density at radius 2 is 0.598 bits per heavy atom. The van der Waals surface area contributed by atoms with E-state index in [0.29, 0.717) is 6.42 Å². The smallest absolute Gasteiger partial charge is 0.462 e. The van der Waals surface area contributed by atoms with Gasteiger partial charge in [-0.3, -0.25) is 18.6 Å². The molecule has 492 valence electrons. The molecule has 0 aromatic carbocycles. The van der Waals surface area contributed by atoms with Crippen LogP contribution in [0.4, 0.5) is 0 Å². The molecule has 0 rings (SSSR count). The number of phosphoric ester groups is 1. The van der Waals surface area contributed by atoms with E-state index in [-0.39, 0.29) is 38.6 Å². The third kappa shape index (κ3) is 70.3. The van der Waals surface area contributed by atoms with E-state index in [2.05, 4.69) is 184 Å². The molecule has 0 aliphatic heterocycles. The van der Waals surface area contributed by atoms with E-state index in [1.54, 1.807) is 0 Å². The quantitative estimate of drug-likeness (QED) is 0.0264. The Bertz CT molecular complexity index is 2030. The van der Waals surface area contributed by atoms with E-state index in [9.17, 15) is 19.0 Å². The summed E-state index contributed by atoms with van der Waals surface area (Å²) in [6, 6.07) is 0. The number of carbonyl (C=O) groups excluding carboxylic acids is 2. The van der Waals surface area contributed by atoms with Crippen LogP contribution in [0, 0.1) is 0 Å². The summed E-state index contributed by atoms with van der Waals surface area (Å²) >= 11 is 0. The third-order valence-electron chi connectivity index (χ3n) is 14.1. The lowest BCUT2D eigenvalue weighted by Crippen LogP contribution is -2.29. The fourth-order valence-corrected chi connectivity index (χ4v) is 9.83. The molecule has 0 amide bonds. The zero-order chi connectivity index (χ0) is 63.0. The van der Waals surface area contributed by atoms with Gasteiger partial charge in [0, 0.05) is 19.4 Å². The Labute approximate surface area is 533 Å². The first-order chi connectivity index (χ1) is 42.8. The van der Waals surface area contributed by atoms with E-state index in [0.717, 1.165) is 135 Å². The van der Waals surface area contributed by atoms with Gasteiger partial charge in [0.25, 0.3) is 0 Å². The Balaban J connectivity index is 3.97. The number of esters is 2.